The normalized spacial score (nSPS) is 12.6. The van der Waals surface area contributed by atoms with Crippen molar-refractivity contribution in [2.24, 2.45) is 5.73 Å². The third-order valence-corrected chi connectivity index (χ3v) is 5.60. The molecule has 0 aliphatic heterocycles. The van der Waals surface area contributed by atoms with Crippen LogP contribution >= 0.6 is 34.2 Å². The van der Waals surface area contributed by atoms with Crippen molar-refractivity contribution in [1.29, 1.82) is 0 Å². The summed E-state index contributed by atoms with van der Waals surface area (Å²) >= 11 is 8.67. The van der Waals surface area contributed by atoms with Crippen molar-refractivity contribution in [1.82, 2.24) is 0 Å². The Bertz CT molecular complexity index is 813. The van der Waals surface area contributed by atoms with Crippen molar-refractivity contribution in [2.75, 3.05) is 0 Å². The molecular formula is C18H15ClIN. The maximum absolute atomic E-state index is 6.55. The molecule has 3 aromatic carbocycles. The fourth-order valence-electron chi connectivity index (χ4n) is 2.63. The summed E-state index contributed by atoms with van der Waals surface area (Å²) < 4.78 is 1.22. The van der Waals surface area contributed by atoms with E-state index >= 15 is 0 Å². The van der Waals surface area contributed by atoms with Gasteiger partial charge in [0.1, 0.15) is 0 Å². The van der Waals surface area contributed by atoms with Crippen LogP contribution in [0, 0.1) is 10.5 Å². The summed E-state index contributed by atoms with van der Waals surface area (Å²) in [6.07, 6.45) is 0. The number of nitrogens with two attached hydrogens (primary N) is 1. The van der Waals surface area contributed by atoms with Crippen molar-refractivity contribution in [3.63, 3.8) is 0 Å². The van der Waals surface area contributed by atoms with Crippen LogP contribution in [-0.4, -0.2) is 0 Å². The molecule has 0 amide bonds. The molecule has 3 rings (SSSR count). The zero-order valence-corrected chi connectivity index (χ0v) is 14.5. The quantitative estimate of drug-likeness (QED) is 0.561. The van der Waals surface area contributed by atoms with Crippen molar-refractivity contribution in [3.8, 4) is 0 Å². The molecule has 0 bridgehead atoms. The van der Waals surface area contributed by atoms with Gasteiger partial charge < -0.3 is 5.73 Å². The predicted molar refractivity (Wildman–Crippen MR) is 98.9 cm³/mol. The Hall–Kier alpha value is -1.10. The molecule has 0 spiro atoms. The Labute approximate surface area is 143 Å². The minimum absolute atomic E-state index is 0.154. The Kier molecular flexibility index (Phi) is 4.20. The Balaban J connectivity index is 2.21. The van der Waals surface area contributed by atoms with Crippen molar-refractivity contribution < 1.29 is 0 Å². The van der Waals surface area contributed by atoms with Gasteiger partial charge in [0.25, 0.3) is 0 Å². The van der Waals surface area contributed by atoms with E-state index in [0.29, 0.717) is 0 Å². The van der Waals surface area contributed by atoms with E-state index in [1.165, 1.54) is 9.13 Å². The zero-order valence-electron chi connectivity index (χ0n) is 11.6. The van der Waals surface area contributed by atoms with Crippen molar-refractivity contribution >= 4 is 45.0 Å². The lowest BCUT2D eigenvalue weighted by Crippen LogP contribution is -2.14. The fraction of sp³-hybridized carbons (Fsp3) is 0.111. The van der Waals surface area contributed by atoms with E-state index in [0.717, 1.165) is 26.9 Å². The molecule has 0 radical (unpaired) electrons. The molecule has 106 valence electrons. The Morgan fingerprint density at radius 2 is 1.62 bits per heavy atom. The van der Waals surface area contributed by atoms with E-state index in [2.05, 4.69) is 53.8 Å². The highest BCUT2D eigenvalue weighted by molar-refractivity contribution is 14.1. The minimum atomic E-state index is -0.154. The van der Waals surface area contributed by atoms with Gasteiger partial charge in [-0.15, -0.1) is 0 Å². The summed E-state index contributed by atoms with van der Waals surface area (Å²) in [5.74, 6) is 0. The van der Waals surface area contributed by atoms with Crippen LogP contribution in [0.3, 0.4) is 0 Å². The smallest absolute Gasteiger partial charge is 0.0568 e. The molecule has 3 heteroatoms. The van der Waals surface area contributed by atoms with Crippen LogP contribution in [-0.2, 0) is 0 Å². The van der Waals surface area contributed by atoms with Gasteiger partial charge in [0, 0.05) is 14.0 Å². The van der Waals surface area contributed by atoms with Gasteiger partial charge in [0.15, 0.2) is 0 Å². The lowest BCUT2D eigenvalue weighted by Gasteiger charge is -2.18. The molecule has 2 N–H and O–H groups in total. The van der Waals surface area contributed by atoms with Crippen LogP contribution in [0.15, 0.2) is 54.6 Å². The van der Waals surface area contributed by atoms with Crippen LogP contribution < -0.4 is 5.73 Å². The van der Waals surface area contributed by atoms with E-state index in [1.807, 2.05) is 30.3 Å². The number of halogens is 2. The Morgan fingerprint density at radius 3 is 2.38 bits per heavy atom. The third kappa shape index (κ3) is 2.68. The monoisotopic (exact) mass is 407 g/mol. The number of hydrogen-bond acceptors (Lipinski definition) is 1. The maximum Gasteiger partial charge on any atom is 0.0568 e. The molecule has 0 heterocycles. The van der Waals surface area contributed by atoms with Gasteiger partial charge >= 0.3 is 0 Å². The summed E-state index contributed by atoms with van der Waals surface area (Å²) in [5.41, 5.74) is 10.1. The van der Waals surface area contributed by atoms with E-state index in [1.54, 1.807) is 0 Å². The molecule has 0 aromatic heterocycles. The summed E-state index contributed by atoms with van der Waals surface area (Å²) in [5, 5.41) is 2.94. The van der Waals surface area contributed by atoms with Crippen LogP contribution in [0.1, 0.15) is 22.7 Å². The molecule has 0 fully saturated rings. The molecule has 1 atom stereocenters. The minimum Gasteiger partial charge on any atom is -0.320 e. The van der Waals surface area contributed by atoms with E-state index in [9.17, 15) is 0 Å². The summed E-state index contributed by atoms with van der Waals surface area (Å²) in [4.78, 5) is 0. The summed E-state index contributed by atoms with van der Waals surface area (Å²) in [6, 6.07) is 18.2. The number of fused-ring (bicyclic) bond motifs is 1. The summed E-state index contributed by atoms with van der Waals surface area (Å²) in [7, 11) is 0. The SMILES string of the molecule is Cc1cccc(C(N)c2ccc(Cl)c3ccccc23)c1I. The molecule has 0 saturated heterocycles. The molecule has 0 aliphatic carbocycles. The second kappa shape index (κ2) is 5.95. The highest BCUT2D eigenvalue weighted by Gasteiger charge is 2.16. The van der Waals surface area contributed by atoms with Gasteiger partial charge in [-0.3, -0.25) is 0 Å². The lowest BCUT2D eigenvalue weighted by molar-refractivity contribution is 0.872. The first-order valence-corrected chi connectivity index (χ1v) is 8.23. The first-order valence-electron chi connectivity index (χ1n) is 6.77. The summed E-state index contributed by atoms with van der Waals surface area (Å²) in [6.45, 7) is 2.11. The average molecular weight is 408 g/mol. The highest BCUT2D eigenvalue weighted by Crippen LogP contribution is 2.33. The topological polar surface area (TPSA) is 26.0 Å². The standard InChI is InChI=1S/C18H15ClIN/c1-11-5-4-8-15(17(11)20)18(21)14-9-10-16(19)13-7-3-2-6-12(13)14/h2-10,18H,21H2,1H3. The number of rotatable bonds is 2. The lowest BCUT2D eigenvalue weighted by atomic mass is 9.93. The van der Waals surface area contributed by atoms with Gasteiger partial charge in [-0.05, 0) is 57.7 Å². The molecule has 1 unspecified atom stereocenters. The van der Waals surface area contributed by atoms with Gasteiger partial charge in [-0.2, -0.15) is 0 Å². The van der Waals surface area contributed by atoms with Crippen molar-refractivity contribution in [2.45, 2.75) is 13.0 Å². The molecule has 0 aliphatic rings. The Morgan fingerprint density at radius 1 is 0.905 bits per heavy atom. The van der Waals surface area contributed by atoms with Gasteiger partial charge in [-0.1, -0.05) is 60.1 Å². The first kappa shape index (κ1) is 14.8. The number of hydrogen-bond donors (Lipinski definition) is 1. The first-order chi connectivity index (χ1) is 10.1. The van der Waals surface area contributed by atoms with E-state index in [4.69, 9.17) is 17.3 Å². The molecule has 3 aromatic rings. The molecule has 1 nitrogen and oxygen atoms in total. The highest BCUT2D eigenvalue weighted by atomic mass is 127. The number of aryl methyl sites for hydroxylation is 1. The van der Waals surface area contributed by atoms with E-state index < -0.39 is 0 Å². The van der Waals surface area contributed by atoms with Gasteiger partial charge in [0.05, 0.1) is 6.04 Å². The van der Waals surface area contributed by atoms with E-state index in [-0.39, 0.29) is 6.04 Å². The maximum atomic E-state index is 6.55. The molecule has 0 saturated carbocycles. The van der Waals surface area contributed by atoms with Crippen LogP contribution in [0.25, 0.3) is 10.8 Å². The fourth-order valence-corrected chi connectivity index (χ4v) is 3.56. The third-order valence-electron chi connectivity index (χ3n) is 3.80. The second-order valence-corrected chi connectivity index (χ2v) is 6.62. The predicted octanol–water partition coefficient (Wildman–Crippen LogP) is 5.45. The van der Waals surface area contributed by atoms with Crippen LogP contribution in [0.5, 0.6) is 0 Å². The van der Waals surface area contributed by atoms with Crippen molar-refractivity contribution in [3.05, 3.63) is 79.9 Å². The zero-order chi connectivity index (χ0) is 15.0. The molecule has 21 heavy (non-hydrogen) atoms. The van der Waals surface area contributed by atoms with Crippen LogP contribution in [0.2, 0.25) is 5.02 Å². The van der Waals surface area contributed by atoms with Crippen LogP contribution in [0.4, 0.5) is 0 Å². The van der Waals surface area contributed by atoms with Gasteiger partial charge in [-0.25, -0.2) is 0 Å². The number of benzene rings is 3. The molecular weight excluding hydrogens is 393 g/mol. The van der Waals surface area contributed by atoms with Gasteiger partial charge in [0.2, 0.25) is 0 Å². The average Bonchev–Trinajstić information content (AvgIpc) is 2.50. The largest absolute Gasteiger partial charge is 0.320 e. The second-order valence-electron chi connectivity index (χ2n) is 5.14.